The monoisotopic (exact) mass is 317 g/mol. The minimum Gasteiger partial charge on any atom is -0.504 e. The van der Waals surface area contributed by atoms with Crippen LogP contribution in [0.1, 0.15) is 21.3 Å². The number of phenolic OH excluding ortho intramolecular Hbond substituents is 1. The molecule has 0 saturated carbocycles. The van der Waals surface area contributed by atoms with Crippen LogP contribution in [0.2, 0.25) is 0 Å². The maximum absolute atomic E-state index is 12.6. The fourth-order valence-corrected chi connectivity index (χ4v) is 2.55. The van der Waals surface area contributed by atoms with Gasteiger partial charge in [0.1, 0.15) is 0 Å². The number of nitrogens with zero attached hydrogens (tertiary/aromatic N) is 3. The first kappa shape index (κ1) is 14.2. The van der Waals surface area contributed by atoms with Gasteiger partial charge < -0.3 is 14.4 Å². The maximum atomic E-state index is 12.6. The molecule has 0 aliphatic carbocycles. The van der Waals surface area contributed by atoms with Crippen LogP contribution in [-0.2, 0) is 0 Å². The summed E-state index contributed by atoms with van der Waals surface area (Å²) in [5.74, 6) is 0.357. The van der Waals surface area contributed by atoms with E-state index in [0.29, 0.717) is 16.5 Å². The van der Waals surface area contributed by atoms with Gasteiger partial charge in [0.05, 0.1) is 7.11 Å². The molecule has 3 aromatic rings. The molecule has 0 atom stereocenters. The van der Waals surface area contributed by atoms with Gasteiger partial charge in [0.2, 0.25) is 17.5 Å². The highest BCUT2D eigenvalue weighted by Crippen LogP contribution is 2.35. The van der Waals surface area contributed by atoms with E-state index in [1.54, 1.807) is 18.5 Å². The van der Waals surface area contributed by atoms with Gasteiger partial charge >= 0.3 is 0 Å². The molecule has 7 nitrogen and oxygen atoms in total. The number of benzene rings is 1. The van der Waals surface area contributed by atoms with Gasteiger partial charge in [-0.05, 0) is 12.1 Å². The van der Waals surface area contributed by atoms with Crippen LogP contribution in [-0.4, -0.2) is 33.1 Å². The smallest absolute Gasteiger partial charge is 0.223 e. The molecule has 2 heterocycles. The lowest BCUT2D eigenvalue weighted by Crippen LogP contribution is -2.04. The Hall–Kier alpha value is -2.74. The number of ether oxygens (including phenoxy) is 1. The number of carbonyl (C=O) groups is 1. The molecule has 1 N–H and O–H groups in total. The summed E-state index contributed by atoms with van der Waals surface area (Å²) in [5, 5.41) is 15.8. The van der Waals surface area contributed by atoms with Gasteiger partial charge in [0.25, 0.3) is 0 Å². The van der Waals surface area contributed by atoms with Crippen molar-refractivity contribution in [2.45, 2.75) is 6.92 Å². The zero-order valence-corrected chi connectivity index (χ0v) is 12.5. The molecular formula is C14H11N3O4S. The Labute approximate surface area is 129 Å². The molecule has 112 valence electrons. The second-order valence-corrected chi connectivity index (χ2v) is 5.27. The van der Waals surface area contributed by atoms with Gasteiger partial charge in [0.15, 0.2) is 16.5 Å². The maximum Gasteiger partial charge on any atom is 0.223 e. The number of aromatic nitrogens is 3. The van der Waals surface area contributed by atoms with Gasteiger partial charge in [0, 0.05) is 29.6 Å². The third-order valence-corrected chi connectivity index (χ3v) is 3.73. The molecule has 22 heavy (non-hydrogen) atoms. The second-order valence-electron chi connectivity index (χ2n) is 4.37. The molecule has 0 spiro atoms. The average molecular weight is 317 g/mol. The van der Waals surface area contributed by atoms with Crippen molar-refractivity contribution in [3.05, 3.63) is 40.2 Å². The van der Waals surface area contributed by atoms with Crippen LogP contribution in [0.25, 0.3) is 11.4 Å². The molecule has 0 radical (unpaired) electrons. The fourth-order valence-electron chi connectivity index (χ4n) is 1.96. The van der Waals surface area contributed by atoms with E-state index in [0.717, 1.165) is 0 Å². The second kappa shape index (κ2) is 5.57. The van der Waals surface area contributed by atoms with E-state index in [1.807, 2.05) is 0 Å². The number of carbonyl (C=O) groups excluding carboxylic acids is 1. The molecule has 0 bridgehead atoms. The fraction of sp³-hybridized carbons (Fsp3) is 0.143. The molecule has 0 amide bonds. The molecule has 0 saturated heterocycles. The van der Waals surface area contributed by atoms with Gasteiger partial charge in [-0.2, -0.15) is 4.98 Å². The summed E-state index contributed by atoms with van der Waals surface area (Å²) in [5.41, 5.74) is 0.640. The Balaban J connectivity index is 2.19. The van der Waals surface area contributed by atoms with Gasteiger partial charge in [-0.15, -0.1) is 11.3 Å². The summed E-state index contributed by atoms with van der Waals surface area (Å²) in [6, 6.07) is 2.82. The molecule has 0 aliphatic heterocycles. The lowest BCUT2D eigenvalue weighted by molar-refractivity contribution is 0.103. The minimum atomic E-state index is -0.328. The number of methoxy groups -OCH3 is 1. The minimum absolute atomic E-state index is 0.147. The first-order valence-electron chi connectivity index (χ1n) is 6.26. The summed E-state index contributed by atoms with van der Waals surface area (Å²) in [6.45, 7) is 1.65. The van der Waals surface area contributed by atoms with E-state index < -0.39 is 0 Å². The highest BCUT2D eigenvalue weighted by Gasteiger charge is 2.22. The average Bonchev–Trinajstić information content (AvgIpc) is 3.17. The third-order valence-electron chi connectivity index (χ3n) is 2.96. The molecular weight excluding hydrogens is 306 g/mol. The number of rotatable bonds is 4. The summed E-state index contributed by atoms with van der Waals surface area (Å²) in [4.78, 5) is 20.7. The summed E-state index contributed by atoms with van der Waals surface area (Å²) < 4.78 is 10.0. The first-order chi connectivity index (χ1) is 10.6. The molecule has 2 aromatic heterocycles. The Bertz CT molecular complexity index is 827. The van der Waals surface area contributed by atoms with E-state index in [-0.39, 0.29) is 28.7 Å². The number of phenols is 1. The Kier molecular flexibility index (Phi) is 3.60. The molecule has 0 aliphatic rings. The van der Waals surface area contributed by atoms with Crippen LogP contribution < -0.4 is 4.74 Å². The van der Waals surface area contributed by atoms with E-state index in [4.69, 9.17) is 9.26 Å². The summed E-state index contributed by atoms with van der Waals surface area (Å²) in [6.07, 6.45) is 1.54. The van der Waals surface area contributed by atoms with Gasteiger partial charge in [-0.3, -0.25) is 4.79 Å². The zero-order chi connectivity index (χ0) is 15.7. The van der Waals surface area contributed by atoms with Crippen molar-refractivity contribution in [1.82, 2.24) is 15.1 Å². The number of aromatic hydroxyl groups is 1. The summed E-state index contributed by atoms with van der Waals surface area (Å²) >= 11 is 1.21. The van der Waals surface area contributed by atoms with Crippen molar-refractivity contribution in [2.24, 2.45) is 0 Å². The number of aryl methyl sites for hydroxylation is 1. The van der Waals surface area contributed by atoms with Crippen molar-refractivity contribution in [1.29, 1.82) is 0 Å². The Morgan fingerprint density at radius 3 is 2.82 bits per heavy atom. The summed E-state index contributed by atoms with van der Waals surface area (Å²) in [7, 11) is 1.42. The van der Waals surface area contributed by atoms with Crippen LogP contribution in [0, 0.1) is 6.92 Å². The SMILES string of the molecule is COc1cc(-c2noc(C)n2)c(C(=O)c2nccs2)cc1O. The molecule has 0 unspecified atom stereocenters. The number of ketones is 1. The van der Waals surface area contributed by atoms with E-state index >= 15 is 0 Å². The number of hydrogen-bond acceptors (Lipinski definition) is 8. The van der Waals surface area contributed by atoms with Crippen LogP contribution in [0.5, 0.6) is 11.5 Å². The van der Waals surface area contributed by atoms with Gasteiger partial charge in [-0.25, -0.2) is 4.98 Å². The normalized spacial score (nSPS) is 10.6. The quantitative estimate of drug-likeness (QED) is 0.738. The van der Waals surface area contributed by atoms with Crippen LogP contribution >= 0.6 is 11.3 Å². The van der Waals surface area contributed by atoms with Crippen LogP contribution in [0.15, 0.2) is 28.2 Å². The lowest BCUT2D eigenvalue weighted by atomic mass is 10.0. The van der Waals surface area contributed by atoms with Crippen molar-refractivity contribution in [3.8, 4) is 22.9 Å². The van der Waals surface area contributed by atoms with Crippen molar-refractivity contribution >= 4 is 17.1 Å². The van der Waals surface area contributed by atoms with Crippen molar-refractivity contribution in [3.63, 3.8) is 0 Å². The zero-order valence-electron chi connectivity index (χ0n) is 11.7. The van der Waals surface area contributed by atoms with Crippen LogP contribution in [0.4, 0.5) is 0 Å². The Morgan fingerprint density at radius 2 is 2.23 bits per heavy atom. The highest BCUT2D eigenvalue weighted by molar-refractivity contribution is 7.11. The van der Waals surface area contributed by atoms with Gasteiger partial charge in [-0.1, -0.05) is 5.16 Å². The lowest BCUT2D eigenvalue weighted by Gasteiger charge is -2.09. The molecule has 1 aromatic carbocycles. The van der Waals surface area contributed by atoms with E-state index in [1.165, 1.54) is 30.6 Å². The number of thiazole rings is 1. The Morgan fingerprint density at radius 1 is 1.41 bits per heavy atom. The van der Waals surface area contributed by atoms with Crippen molar-refractivity contribution < 1.29 is 19.2 Å². The topological polar surface area (TPSA) is 98.3 Å². The standard InChI is InChI=1S/C14H11N3O4S/c1-7-16-13(17-21-7)9-6-11(20-2)10(18)5-8(9)12(19)14-15-3-4-22-14/h3-6,18H,1-2H3. The molecule has 3 rings (SSSR count). The predicted molar refractivity (Wildman–Crippen MR) is 78.2 cm³/mol. The highest BCUT2D eigenvalue weighted by atomic mass is 32.1. The first-order valence-corrected chi connectivity index (χ1v) is 7.14. The molecule has 8 heteroatoms. The van der Waals surface area contributed by atoms with E-state index in [9.17, 15) is 9.90 Å². The van der Waals surface area contributed by atoms with Crippen molar-refractivity contribution in [2.75, 3.05) is 7.11 Å². The number of hydrogen-bond donors (Lipinski definition) is 1. The largest absolute Gasteiger partial charge is 0.504 e. The third kappa shape index (κ3) is 2.44. The van der Waals surface area contributed by atoms with Crippen LogP contribution in [0.3, 0.4) is 0 Å². The predicted octanol–water partition coefficient (Wildman–Crippen LogP) is 2.45. The molecule has 0 fully saturated rings. The van der Waals surface area contributed by atoms with E-state index in [2.05, 4.69) is 15.1 Å².